The fourth-order valence-electron chi connectivity index (χ4n) is 2.21. The van der Waals surface area contributed by atoms with Gasteiger partial charge in [-0.05, 0) is 49.1 Å². The predicted octanol–water partition coefficient (Wildman–Crippen LogP) is 1.65. The van der Waals surface area contributed by atoms with Crippen LogP contribution in [0.4, 0.5) is 0 Å². The average molecular weight is 230 g/mol. The Morgan fingerprint density at radius 2 is 1.88 bits per heavy atom. The molecular formula is C14H18N2O. The molecule has 3 heteroatoms. The summed E-state index contributed by atoms with van der Waals surface area (Å²) in [5, 5.41) is 3.37. The van der Waals surface area contributed by atoms with Crippen LogP contribution < -0.4 is 11.1 Å². The summed E-state index contributed by atoms with van der Waals surface area (Å²) >= 11 is 0. The van der Waals surface area contributed by atoms with Crippen LogP contribution in [-0.4, -0.2) is 19.0 Å². The molecule has 0 radical (unpaired) electrons. The maximum absolute atomic E-state index is 10.6. The maximum atomic E-state index is 10.6. The number of nitrogens with two attached hydrogens (primary N) is 1. The van der Waals surface area contributed by atoms with Crippen molar-refractivity contribution in [3.63, 3.8) is 0 Å². The Hall–Kier alpha value is -1.61. The van der Waals surface area contributed by atoms with Crippen molar-refractivity contribution in [3.05, 3.63) is 41.5 Å². The summed E-state index contributed by atoms with van der Waals surface area (Å²) in [4.78, 5) is 10.6. The summed E-state index contributed by atoms with van der Waals surface area (Å²) in [6, 6.07) is 8.38. The van der Waals surface area contributed by atoms with Crippen LogP contribution in [0.1, 0.15) is 29.9 Å². The van der Waals surface area contributed by atoms with Crippen molar-refractivity contribution in [2.45, 2.75) is 18.8 Å². The second-order valence-electron chi connectivity index (χ2n) is 4.43. The van der Waals surface area contributed by atoms with Crippen LogP contribution in [0.5, 0.6) is 0 Å². The summed E-state index contributed by atoms with van der Waals surface area (Å²) in [6.07, 6.45) is 5.54. The van der Waals surface area contributed by atoms with E-state index < -0.39 is 5.91 Å². The van der Waals surface area contributed by atoms with Gasteiger partial charge in [-0.15, -0.1) is 0 Å². The highest BCUT2D eigenvalue weighted by Crippen LogP contribution is 2.25. The monoisotopic (exact) mass is 230 g/mol. The van der Waals surface area contributed by atoms with Gasteiger partial charge in [0, 0.05) is 6.08 Å². The summed E-state index contributed by atoms with van der Waals surface area (Å²) in [6.45, 7) is 2.21. The zero-order valence-electron chi connectivity index (χ0n) is 9.86. The second kappa shape index (κ2) is 5.64. The van der Waals surface area contributed by atoms with Crippen molar-refractivity contribution < 1.29 is 4.79 Å². The van der Waals surface area contributed by atoms with Gasteiger partial charge in [0.15, 0.2) is 0 Å². The topological polar surface area (TPSA) is 55.1 Å². The molecule has 90 valence electrons. The van der Waals surface area contributed by atoms with Crippen LogP contribution in [0, 0.1) is 0 Å². The molecule has 0 bridgehead atoms. The highest BCUT2D eigenvalue weighted by molar-refractivity contribution is 5.90. The molecule has 17 heavy (non-hydrogen) atoms. The third-order valence-corrected chi connectivity index (χ3v) is 3.19. The molecule has 1 aromatic rings. The quantitative estimate of drug-likeness (QED) is 0.776. The molecule has 0 saturated carbocycles. The van der Waals surface area contributed by atoms with Crippen LogP contribution in [-0.2, 0) is 4.79 Å². The first-order chi connectivity index (χ1) is 8.25. The highest BCUT2D eigenvalue weighted by atomic mass is 16.1. The first-order valence-corrected chi connectivity index (χ1v) is 6.04. The van der Waals surface area contributed by atoms with Gasteiger partial charge in [-0.1, -0.05) is 24.3 Å². The molecule has 3 nitrogen and oxygen atoms in total. The Balaban J connectivity index is 2.04. The molecule has 1 saturated heterocycles. The van der Waals surface area contributed by atoms with E-state index in [1.165, 1.54) is 24.5 Å². The Bertz CT molecular complexity index is 403. The van der Waals surface area contributed by atoms with E-state index >= 15 is 0 Å². The van der Waals surface area contributed by atoms with E-state index in [2.05, 4.69) is 17.4 Å². The van der Waals surface area contributed by atoms with Crippen molar-refractivity contribution in [3.8, 4) is 0 Å². The van der Waals surface area contributed by atoms with Crippen LogP contribution in [0.15, 0.2) is 30.3 Å². The second-order valence-corrected chi connectivity index (χ2v) is 4.43. The normalized spacial score (nSPS) is 17.4. The molecule has 0 aromatic heterocycles. The van der Waals surface area contributed by atoms with E-state index in [4.69, 9.17) is 5.73 Å². The Morgan fingerprint density at radius 3 is 2.47 bits per heavy atom. The Morgan fingerprint density at radius 1 is 1.24 bits per heavy atom. The molecule has 1 amide bonds. The van der Waals surface area contributed by atoms with E-state index in [1.54, 1.807) is 6.08 Å². The Labute approximate surface area is 102 Å². The zero-order valence-corrected chi connectivity index (χ0v) is 9.86. The van der Waals surface area contributed by atoms with Crippen molar-refractivity contribution in [2.75, 3.05) is 13.1 Å². The number of primary amides is 1. The van der Waals surface area contributed by atoms with Crippen LogP contribution >= 0.6 is 0 Å². The zero-order chi connectivity index (χ0) is 12.1. The van der Waals surface area contributed by atoms with Crippen LogP contribution in [0.25, 0.3) is 6.08 Å². The lowest BCUT2D eigenvalue weighted by atomic mass is 9.90. The molecule has 0 atom stereocenters. The van der Waals surface area contributed by atoms with E-state index in [1.807, 2.05) is 12.1 Å². The van der Waals surface area contributed by atoms with Crippen LogP contribution in [0.3, 0.4) is 0 Å². The van der Waals surface area contributed by atoms with Crippen molar-refractivity contribution in [2.24, 2.45) is 5.73 Å². The lowest BCUT2D eigenvalue weighted by molar-refractivity contribution is -0.113. The van der Waals surface area contributed by atoms with Gasteiger partial charge in [0.1, 0.15) is 0 Å². The molecule has 1 aromatic carbocycles. The van der Waals surface area contributed by atoms with Gasteiger partial charge in [-0.2, -0.15) is 0 Å². The minimum atomic E-state index is -0.410. The van der Waals surface area contributed by atoms with Gasteiger partial charge in [0.2, 0.25) is 5.91 Å². The highest BCUT2D eigenvalue weighted by Gasteiger charge is 2.14. The molecule has 1 fully saturated rings. The molecular weight excluding hydrogens is 212 g/mol. The van der Waals surface area contributed by atoms with E-state index in [0.717, 1.165) is 18.7 Å². The van der Waals surface area contributed by atoms with E-state index in [-0.39, 0.29) is 0 Å². The van der Waals surface area contributed by atoms with Gasteiger partial charge in [0.25, 0.3) is 0 Å². The van der Waals surface area contributed by atoms with Gasteiger partial charge >= 0.3 is 0 Å². The summed E-state index contributed by atoms with van der Waals surface area (Å²) < 4.78 is 0. The number of rotatable bonds is 3. The third-order valence-electron chi connectivity index (χ3n) is 3.19. The first kappa shape index (κ1) is 11.9. The average Bonchev–Trinajstić information content (AvgIpc) is 2.38. The standard InChI is InChI=1S/C14H18N2O/c15-14(17)6-3-11-1-4-12(5-2-11)13-7-9-16-10-8-13/h1-6,13,16H,7-10H2,(H2,15,17). The van der Waals surface area contributed by atoms with Gasteiger partial charge < -0.3 is 11.1 Å². The number of hydrogen-bond donors (Lipinski definition) is 2. The molecule has 0 spiro atoms. The number of nitrogens with one attached hydrogen (secondary N) is 1. The molecule has 1 aliphatic heterocycles. The first-order valence-electron chi connectivity index (χ1n) is 6.04. The third kappa shape index (κ3) is 3.43. The molecule has 2 rings (SSSR count). The number of piperidine rings is 1. The number of carbonyl (C=O) groups is 1. The minimum Gasteiger partial charge on any atom is -0.366 e. The number of benzene rings is 1. The molecule has 3 N–H and O–H groups in total. The smallest absolute Gasteiger partial charge is 0.241 e. The fourth-order valence-corrected chi connectivity index (χ4v) is 2.21. The number of hydrogen-bond acceptors (Lipinski definition) is 2. The number of carbonyl (C=O) groups excluding carboxylic acids is 1. The van der Waals surface area contributed by atoms with Gasteiger partial charge in [-0.3, -0.25) is 4.79 Å². The molecule has 0 aliphatic carbocycles. The summed E-state index contributed by atoms with van der Waals surface area (Å²) in [5.74, 6) is 0.262. The summed E-state index contributed by atoms with van der Waals surface area (Å²) in [5.41, 5.74) is 7.46. The maximum Gasteiger partial charge on any atom is 0.241 e. The molecule has 1 heterocycles. The molecule has 1 aliphatic rings. The van der Waals surface area contributed by atoms with E-state index in [9.17, 15) is 4.79 Å². The largest absolute Gasteiger partial charge is 0.366 e. The summed E-state index contributed by atoms with van der Waals surface area (Å²) in [7, 11) is 0. The van der Waals surface area contributed by atoms with Crippen molar-refractivity contribution in [1.29, 1.82) is 0 Å². The lowest BCUT2D eigenvalue weighted by Crippen LogP contribution is -2.26. The van der Waals surface area contributed by atoms with E-state index in [0.29, 0.717) is 5.92 Å². The SMILES string of the molecule is NC(=O)C=Cc1ccc(C2CCNCC2)cc1. The number of amides is 1. The minimum absolute atomic E-state index is 0.410. The van der Waals surface area contributed by atoms with Crippen molar-refractivity contribution in [1.82, 2.24) is 5.32 Å². The predicted molar refractivity (Wildman–Crippen MR) is 69.5 cm³/mol. The van der Waals surface area contributed by atoms with Gasteiger partial charge in [0.05, 0.1) is 0 Å². The lowest BCUT2D eigenvalue weighted by Gasteiger charge is -2.22. The van der Waals surface area contributed by atoms with Crippen LogP contribution in [0.2, 0.25) is 0 Å². The fraction of sp³-hybridized carbons (Fsp3) is 0.357. The molecule has 0 unspecified atom stereocenters. The Kier molecular flexibility index (Phi) is 3.94. The van der Waals surface area contributed by atoms with Gasteiger partial charge in [-0.25, -0.2) is 0 Å². The van der Waals surface area contributed by atoms with Crippen molar-refractivity contribution >= 4 is 12.0 Å².